The number of aromatic nitrogens is 3. The second kappa shape index (κ2) is 8.02. The molecule has 0 radical (unpaired) electrons. The van der Waals surface area contributed by atoms with Crippen LogP contribution in [0, 0.1) is 0 Å². The first-order chi connectivity index (χ1) is 14.4. The van der Waals surface area contributed by atoms with Gasteiger partial charge in [-0.05, 0) is 17.7 Å². The van der Waals surface area contributed by atoms with Gasteiger partial charge in [0.1, 0.15) is 5.25 Å². The number of hydrogen-bond acceptors (Lipinski definition) is 5. The summed E-state index contributed by atoms with van der Waals surface area (Å²) in [5.41, 5.74) is 2.93. The van der Waals surface area contributed by atoms with Crippen molar-refractivity contribution in [3.8, 4) is 0 Å². The summed E-state index contributed by atoms with van der Waals surface area (Å²) in [4.78, 5) is 13.1. The number of halogens is 3. The largest absolute Gasteiger partial charge is 0.418 e. The number of carbonyl (C=O) groups excluding carboxylic acids is 1. The lowest BCUT2D eigenvalue weighted by Crippen LogP contribution is -2.41. The first-order valence-corrected chi connectivity index (χ1v) is 10.2. The van der Waals surface area contributed by atoms with E-state index in [-0.39, 0.29) is 5.69 Å². The average molecular weight is 433 g/mol. The monoisotopic (exact) mass is 433 g/mol. The molecule has 3 aromatic rings. The molecule has 156 valence electrons. The number of rotatable bonds is 4. The first-order valence-electron chi connectivity index (χ1n) is 9.28. The topological polar surface area (TPSA) is 71.8 Å². The highest BCUT2D eigenvalue weighted by Crippen LogP contribution is 2.39. The number of benzene rings is 2. The molecule has 0 spiro atoms. The summed E-state index contributed by atoms with van der Waals surface area (Å²) in [6.45, 7) is 1.94. The number of carbonyl (C=O) groups is 1. The van der Waals surface area contributed by atoms with Gasteiger partial charge in [0.15, 0.2) is 5.82 Å². The van der Waals surface area contributed by atoms with Crippen molar-refractivity contribution in [3.05, 3.63) is 71.5 Å². The Bertz CT molecular complexity index is 1050. The number of nitrogens with zero attached hydrogens (tertiary/aromatic N) is 3. The molecule has 2 N–H and O–H groups in total. The van der Waals surface area contributed by atoms with E-state index in [2.05, 4.69) is 20.9 Å². The van der Waals surface area contributed by atoms with Crippen molar-refractivity contribution < 1.29 is 18.0 Å². The zero-order valence-electron chi connectivity index (χ0n) is 15.8. The molecule has 1 aliphatic rings. The van der Waals surface area contributed by atoms with Crippen LogP contribution in [0.2, 0.25) is 0 Å². The van der Waals surface area contributed by atoms with Crippen molar-refractivity contribution in [2.45, 2.75) is 36.0 Å². The molecule has 0 saturated carbocycles. The van der Waals surface area contributed by atoms with E-state index in [0.717, 1.165) is 11.6 Å². The minimum atomic E-state index is -4.57. The third-order valence-electron chi connectivity index (χ3n) is 4.73. The van der Waals surface area contributed by atoms with Crippen LogP contribution < -0.4 is 10.7 Å². The van der Waals surface area contributed by atoms with E-state index in [9.17, 15) is 18.0 Å². The molecule has 0 unspecified atom stereocenters. The smallest absolute Gasteiger partial charge is 0.324 e. The van der Waals surface area contributed by atoms with Gasteiger partial charge in [-0.25, -0.2) is 4.68 Å². The Balaban J connectivity index is 1.68. The molecule has 0 saturated heterocycles. The maximum atomic E-state index is 13.3. The molecule has 1 aromatic heterocycles. The molecular weight excluding hydrogens is 415 g/mol. The number of fused-ring (bicyclic) bond motifs is 1. The van der Waals surface area contributed by atoms with Crippen molar-refractivity contribution in [3.63, 3.8) is 0 Å². The molecule has 1 amide bonds. The Hall–Kier alpha value is -3.01. The van der Waals surface area contributed by atoms with Crippen LogP contribution >= 0.6 is 11.8 Å². The van der Waals surface area contributed by atoms with Crippen LogP contribution in [0.25, 0.3) is 0 Å². The zero-order valence-corrected chi connectivity index (χ0v) is 16.7. The minimum absolute atomic E-state index is 0.274. The first kappa shape index (κ1) is 20.3. The highest BCUT2D eigenvalue weighted by atomic mass is 32.2. The fourth-order valence-corrected chi connectivity index (χ4v) is 4.38. The average Bonchev–Trinajstić information content (AvgIpc) is 3.15. The molecule has 2 aromatic carbocycles. The summed E-state index contributed by atoms with van der Waals surface area (Å²) in [6, 6.07) is 13.7. The lowest BCUT2D eigenvalue weighted by atomic mass is 10.0. The van der Waals surface area contributed by atoms with Gasteiger partial charge in [0.2, 0.25) is 11.1 Å². The van der Waals surface area contributed by atoms with Crippen LogP contribution in [0.3, 0.4) is 0 Å². The van der Waals surface area contributed by atoms with Crippen LogP contribution in [0.4, 0.5) is 18.9 Å². The Morgan fingerprint density at radius 3 is 2.53 bits per heavy atom. The number of alkyl halides is 3. The third-order valence-corrected chi connectivity index (χ3v) is 5.94. The summed E-state index contributed by atoms with van der Waals surface area (Å²) in [7, 11) is 0. The van der Waals surface area contributed by atoms with E-state index in [1.807, 2.05) is 37.3 Å². The van der Waals surface area contributed by atoms with Crippen LogP contribution in [-0.2, 0) is 17.4 Å². The van der Waals surface area contributed by atoms with Gasteiger partial charge in [-0.3, -0.25) is 4.79 Å². The molecule has 6 nitrogen and oxygen atoms in total. The normalized spacial score (nSPS) is 18.4. The Morgan fingerprint density at radius 1 is 1.13 bits per heavy atom. The maximum absolute atomic E-state index is 13.3. The molecule has 2 atom stereocenters. The van der Waals surface area contributed by atoms with Gasteiger partial charge in [-0.15, -0.1) is 10.2 Å². The highest BCUT2D eigenvalue weighted by Gasteiger charge is 2.39. The molecule has 0 bridgehead atoms. The number of amides is 1. The molecule has 0 aliphatic carbocycles. The molecular formula is C20H18F3N5OS. The van der Waals surface area contributed by atoms with E-state index in [0.29, 0.717) is 17.4 Å². The third kappa shape index (κ3) is 3.87. The molecule has 0 fully saturated rings. The summed E-state index contributed by atoms with van der Waals surface area (Å²) >= 11 is 1.17. The van der Waals surface area contributed by atoms with Crippen molar-refractivity contribution in [2.24, 2.45) is 0 Å². The Morgan fingerprint density at radius 2 is 1.83 bits per heavy atom. The number of anilines is 1. The number of hydrogen-bond donors (Lipinski definition) is 2. The fraction of sp³-hybridized carbons (Fsp3) is 0.250. The lowest BCUT2D eigenvalue weighted by molar-refractivity contribution is -0.137. The van der Waals surface area contributed by atoms with Gasteiger partial charge in [-0.2, -0.15) is 13.2 Å². The SMILES string of the molecule is CCc1nnc2n1N[C@H](c1ccccc1)[C@H](C(=O)Nc1ccccc1C(F)(F)F)S2. The van der Waals surface area contributed by atoms with Crippen LogP contribution in [0.5, 0.6) is 0 Å². The zero-order chi connectivity index (χ0) is 21.3. The predicted molar refractivity (Wildman–Crippen MR) is 108 cm³/mol. The van der Waals surface area contributed by atoms with E-state index in [1.165, 1.54) is 30.0 Å². The number of thioether (sulfide) groups is 1. The van der Waals surface area contributed by atoms with Gasteiger partial charge in [0, 0.05) is 6.42 Å². The number of aryl methyl sites for hydroxylation is 1. The van der Waals surface area contributed by atoms with E-state index < -0.39 is 28.9 Å². The molecule has 10 heteroatoms. The fourth-order valence-electron chi connectivity index (χ4n) is 3.28. The summed E-state index contributed by atoms with van der Waals surface area (Å²) < 4.78 is 41.7. The summed E-state index contributed by atoms with van der Waals surface area (Å²) in [5.74, 6) is 0.157. The van der Waals surface area contributed by atoms with Gasteiger partial charge in [-0.1, -0.05) is 61.2 Å². The highest BCUT2D eigenvalue weighted by molar-refractivity contribution is 8.00. The van der Waals surface area contributed by atoms with Gasteiger partial charge in [0.05, 0.1) is 17.3 Å². The van der Waals surface area contributed by atoms with E-state index in [4.69, 9.17) is 0 Å². The van der Waals surface area contributed by atoms with Gasteiger partial charge in [0.25, 0.3) is 0 Å². The Labute approximate surface area is 174 Å². The summed E-state index contributed by atoms with van der Waals surface area (Å²) in [5, 5.41) is 10.4. The van der Waals surface area contributed by atoms with E-state index >= 15 is 0 Å². The van der Waals surface area contributed by atoms with Crippen LogP contribution in [-0.4, -0.2) is 26.0 Å². The van der Waals surface area contributed by atoms with Gasteiger partial charge >= 0.3 is 6.18 Å². The second-order valence-electron chi connectivity index (χ2n) is 6.68. The van der Waals surface area contributed by atoms with Gasteiger partial charge < -0.3 is 10.7 Å². The molecule has 30 heavy (non-hydrogen) atoms. The number of nitrogens with one attached hydrogen (secondary N) is 2. The Kier molecular flexibility index (Phi) is 5.42. The van der Waals surface area contributed by atoms with E-state index in [1.54, 1.807) is 4.68 Å². The number of para-hydroxylation sites is 1. The second-order valence-corrected chi connectivity index (χ2v) is 7.78. The standard InChI is InChI=1S/C20H18F3N5OS/c1-2-15-25-26-19-28(15)27-16(12-8-4-3-5-9-12)17(30-19)18(29)24-14-11-7-6-10-13(14)20(21,22)23/h3-11,16-17,27H,2H2,1H3,(H,24,29)/t16-,17-/m1/s1. The quantitative estimate of drug-likeness (QED) is 0.644. The van der Waals surface area contributed by atoms with Crippen molar-refractivity contribution in [1.82, 2.24) is 14.9 Å². The lowest BCUT2D eigenvalue weighted by Gasteiger charge is -2.33. The van der Waals surface area contributed by atoms with Crippen molar-refractivity contribution in [1.29, 1.82) is 0 Å². The molecule has 2 heterocycles. The molecule has 1 aliphatic heterocycles. The molecule has 4 rings (SSSR count). The minimum Gasteiger partial charge on any atom is -0.324 e. The maximum Gasteiger partial charge on any atom is 0.418 e. The van der Waals surface area contributed by atoms with Crippen LogP contribution in [0.15, 0.2) is 59.8 Å². The summed E-state index contributed by atoms with van der Waals surface area (Å²) in [6.07, 6.45) is -3.94. The predicted octanol–water partition coefficient (Wildman–Crippen LogP) is 4.26. The van der Waals surface area contributed by atoms with Crippen molar-refractivity contribution in [2.75, 3.05) is 10.7 Å². The van der Waals surface area contributed by atoms with Crippen LogP contribution in [0.1, 0.15) is 29.9 Å². The van der Waals surface area contributed by atoms with Crippen molar-refractivity contribution >= 4 is 23.4 Å².